The van der Waals surface area contributed by atoms with E-state index in [1.807, 2.05) is 35.2 Å². The smallest absolute Gasteiger partial charge is 0.236 e. The lowest BCUT2D eigenvalue weighted by atomic mass is 9.96. The molecule has 2 heterocycles. The Morgan fingerprint density at radius 2 is 2.08 bits per heavy atom. The number of hydrogen-bond acceptors (Lipinski definition) is 6. The molecule has 3 rings (SSSR count). The van der Waals surface area contributed by atoms with Crippen molar-refractivity contribution in [2.75, 3.05) is 18.0 Å². The highest BCUT2D eigenvalue weighted by Crippen LogP contribution is 2.27. The van der Waals surface area contributed by atoms with Crippen molar-refractivity contribution in [3.63, 3.8) is 0 Å². The van der Waals surface area contributed by atoms with Crippen molar-refractivity contribution in [1.29, 1.82) is 5.26 Å². The average molecular weight is 326 g/mol. The second kappa shape index (κ2) is 7.04. The third-order valence-corrected chi connectivity index (χ3v) is 4.05. The number of anilines is 1. The molecule has 1 saturated heterocycles. The predicted octanol–water partition coefficient (Wildman–Crippen LogP) is 1.83. The van der Waals surface area contributed by atoms with Crippen LogP contribution in [0.15, 0.2) is 34.7 Å². The summed E-state index contributed by atoms with van der Waals surface area (Å²) >= 11 is 0. The molecule has 0 radical (unpaired) electrons. The van der Waals surface area contributed by atoms with Crippen LogP contribution in [0.2, 0.25) is 0 Å². The van der Waals surface area contributed by atoms with Crippen molar-refractivity contribution in [3.05, 3.63) is 41.9 Å². The Kier molecular flexibility index (Phi) is 4.66. The number of rotatable bonds is 5. The van der Waals surface area contributed by atoms with Crippen LogP contribution < -0.4 is 15.4 Å². The van der Waals surface area contributed by atoms with Gasteiger partial charge in [0.25, 0.3) is 0 Å². The van der Waals surface area contributed by atoms with E-state index in [9.17, 15) is 10.1 Å². The summed E-state index contributed by atoms with van der Waals surface area (Å²) in [6.07, 6.45) is 1.30. The van der Waals surface area contributed by atoms with E-state index < -0.39 is 0 Å². The molecule has 7 heteroatoms. The lowest BCUT2D eigenvalue weighted by molar-refractivity contribution is -0.122. The molecule has 1 aromatic carbocycles. The van der Waals surface area contributed by atoms with E-state index in [0.717, 1.165) is 0 Å². The van der Waals surface area contributed by atoms with Crippen molar-refractivity contribution in [3.8, 4) is 11.8 Å². The van der Waals surface area contributed by atoms with Gasteiger partial charge in [-0.05, 0) is 25.0 Å². The maximum absolute atomic E-state index is 11.2. The van der Waals surface area contributed by atoms with Gasteiger partial charge in [-0.25, -0.2) is 0 Å². The number of carbonyl (C=O) groups is 1. The van der Waals surface area contributed by atoms with Gasteiger partial charge in [0.2, 0.25) is 23.4 Å². The maximum atomic E-state index is 11.2. The van der Waals surface area contributed by atoms with Crippen molar-refractivity contribution in [1.82, 2.24) is 4.98 Å². The Balaban J connectivity index is 1.67. The molecule has 1 aromatic heterocycles. The predicted molar refractivity (Wildman–Crippen MR) is 86.1 cm³/mol. The molecule has 0 atom stereocenters. The molecule has 1 aliphatic rings. The summed E-state index contributed by atoms with van der Waals surface area (Å²) in [5.41, 5.74) is 5.58. The second-order valence-corrected chi connectivity index (χ2v) is 5.64. The summed E-state index contributed by atoms with van der Waals surface area (Å²) < 4.78 is 11.3. The minimum atomic E-state index is -0.273. The first-order chi connectivity index (χ1) is 11.7. The van der Waals surface area contributed by atoms with Gasteiger partial charge in [-0.1, -0.05) is 18.2 Å². The number of aromatic nitrogens is 1. The maximum Gasteiger partial charge on any atom is 0.236 e. The van der Waals surface area contributed by atoms with Gasteiger partial charge in [0, 0.05) is 19.0 Å². The first-order valence-corrected chi connectivity index (χ1v) is 7.79. The molecule has 2 aromatic rings. The summed E-state index contributed by atoms with van der Waals surface area (Å²) in [6, 6.07) is 11.4. The number of amides is 1. The molecule has 0 saturated carbocycles. The van der Waals surface area contributed by atoms with Crippen LogP contribution in [0.3, 0.4) is 0 Å². The Bertz CT molecular complexity index is 743. The lowest BCUT2D eigenvalue weighted by Crippen LogP contribution is -2.38. The van der Waals surface area contributed by atoms with E-state index in [1.54, 1.807) is 0 Å². The van der Waals surface area contributed by atoms with Crippen molar-refractivity contribution in [2.24, 2.45) is 11.7 Å². The number of ether oxygens (including phenoxy) is 1. The molecule has 0 unspecified atom stereocenters. The van der Waals surface area contributed by atoms with Crippen molar-refractivity contribution >= 4 is 11.8 Å². The third-order valence-electron chi connectivity index (χ3n) is 4.05. The first kappa shape index (κ1) is 15.9. The SMILES string of the molecule is N#Cc1nc(COc2ccccc2)oc1N1CCC(C(N)=O)CC1. The second-order valence-electron chi connectivity index (χ2n) is 5.64. The van der Waals surface area contributed by atoms with Crippen LogP contribution in [0.25, 0.3) is 0 Å². The number of primary amides is 1. The highest BCUT2D eigenvalue weighted by Gasteiger charge is 2.27. The summed E-state index contributed by atoms with van der Waals surface area (Å²) in [5.74, 6) is 1.10. The molecule has 0 spiro atoms. The van der Waals surface area contributed by atoms with Gasteiger partial charge < -0.3 is 19.8 Å². The number of nitrogens with zero attached hydrogens (tertiary/aromatic N) is 3. The van der Waals surface area contributed by atoms with Crippen LogP contribution >= 0.6 is 0 Å². The molecule has 0 bridgehead atoms. The number of benzene rings is 1. The first-order valence-electron chi connectivity index (χ1n) is 7.79. The molecule has 2 N–H and O–H groups in total. The highest BCUT2D eigenvalue weighted by atomic mass is 16.5. The molecule has 1 aliphatic heterocycles. The van der Waals surface area contributed by atoms with E-state index in [0.29, 0.717) is 43.5 Å². The van der Waals surface area contributed by atoms with Crippen molar-refractivity contribution < 1.29 is 13.9 Å². The minimum absolute atomic E-state index is 0.115. The topological polar surface area (TPSA) is 105 Å². The Morgan fingerprint density at radius 1 is 1.38 bits per heavy atom. The Morgan fingerprint density at radius 3 is 2.71 bits per heavy atom. The molecule has 124 valence electrons. The summed E-state index contributed by atoms with van der Waals surface area (Å²) in [6.45, 7) is 1.36. The van der Waals surface area contributed by atoms with Crippen LogP contribution in [-0.4, -0.2) is 24.0 Å². The van der Waals surface area contributed by atoms with E-state index in [1.165, 1.54) is 0 Å². The zero-order chi connectivity index (χ0) is 16.9. The fourth-order valence-electron chi connectivity index (χ4n) is 2.73. The fourth-order valence-corrected chi connectivity index (χ4v) is 2.73. The van der Waals surface area contributed by atoms with Gasteiger partial charge in [-0.3, -0.25) is 4.79 Å². The number of para-hydroxylation sites is 1. The molecular formula is C17H18N4O3. The number of oxazole rings is 1. The minimum Gasteiger partial charge on any atom is -0.484 e. The average Bonchev–Trinajstić information content (AvgIpc) is 3.04. The van der Waals surface area contributed by atoms with Gasteiger partial charge in [0.1, 0.15) is 11.8 Å². The molecule has 1 fully saturated rings. The largest absolute Gasteiger partial charge is 0.484 e. The van der Waals surface area contributed by atoms with E-state index in [2.05, 4.69) is 11.1 Å². The van der Waals surface area contributed by atoms with E-state index in [4.69, 9.17) is 14.9 Å². The quantitative estimate of drug-likeness (QED) is 0.898. The number of piperidine rings is 1. The van der Waals surface area contributed by atoms with Crippen LogP contribution in [-0.2, 0) is 11.4 Å². The molecule has 0 aliphatic carbocycles. The monoisotopic (exact) mass is 326 g/mol. The molecule has 1 amide bonds. The van der Waals surface area contributed by atoms with Gasteiger partial charge in [-0.15, -0.1) is 0 Å². The number of nitriles is 1. The Labute approximate surface area is 139 Å². The zero-order valence-electron chi connectivity index (χ0n) is 13.1. The highest BCUT2D eigenvalue weighted by molar-refractivity contribution is 5.77. The van der Waals surface area contributed by atoms with Crippen LogP contribution in [0, 0.1) is 17.2 Å². The van der Waals surface area contributed by atoms with Crippen LogP contribution in [0.5, 0.6) is 5.75 Å². The molecular weight excluding hydrogens is 308 g/mol. The summed E-state index contributed by atoms with van der Waals surface area (Å²) in [5, 5.41) is 9.27. The van der Waals surface area contributed by atoms with Crippen LogP contribution in [0.4, 0.5) is 5.88 Å². The van der Waals surface area contributed by atoms with Crippen molar-refractivity contribution in [2.45, 2.75) is 19.4 Å². The zero-order valence-corrected chi connectivity index (χ0v) is 13.1. The van der Waals surface area contributed by atoms with Crippen LogP contribution in [0.1, 0.15) is 24.4 Å². The summed E-state index contributed by atoms with van der Waals surface area (Å²) in [4.78, 5) is 17.4. The van der Waals surface area contributed by atoms with Gasteiger partial charge >= 0.3 is 0 Å². The summed E-state index contributed by atoms with van der Waals surface area (Å²) in [7, 11) is 0. The van der Waals surface area contributed by atoms with Gasteiger partial charge in [0.05, 0.1) is 0 Å². The normalized spacial score (nSPS) is 15.0. The fraction of sp³-hybridized carbons (Fsp3) is 0.353. The van der Waals surface area contributed by atoms with Gasteiger partial charge in [0.15, 0.2) is 6.61 Å². The molecule has 24 heavy (non-hydrogen) atoms. The standard InChI is InChI=1S/C17H18N4O3/c18-10-14-17(21-8-6-12(7-9-21)16(19)22)24-15(20-14)11-23-13-4-2-1-3-5-13/h1-5,12H,6-9,11H2,(H2,19,22). The number of hydrogen-bond donors (Lipinski definition) is 1. The number of carbonyl (C=O) groups excluding carboxylic acids is 1. The molecule has 7 nitrogen and oxygen atoms in total. The Hall–Kier alpha value is -3.01. The van der Waals surface area contributed by atoms with E-state index in [-0.39, 0.29) is 24.1 Å². The third kappa shape index (κ3) is 3.49. The number of nitrogens with two attached hydrogens (primary N) is 1. The van der Waals surface area contributed by atoms with Gasteiger partial charge in [-0.2, -0.15) is 10.2 Å². The van der Waals surface area contributed by atoms with E-state index >= 15 is 0 Å². The lowest BCUT2D eigenvalue weighted by Gasteiger charge is -2.30.